The zero-order chi connectivity index (χ0) is 20.5. The molecule has 3 aliphatic carbocycles. The van der Waals surface area contributed by atoms with Crippen molar-refractivity contribution in [1.82, 2.24) is 0 Å². The second-order valence-electron chi connectivity index (χ2n) is 10.1. The van der Waals surface area contributed by atoms with Crippen LogP contribution >= 0.6 is 27.5 Å². The van der Waals surface area contributed by atoms with Gasteiger partial charge < -0.3 is 4.74 Å². The standard InChI is InChI=1S/C25H42BrClO2/c26-17-2-1-3-19-6-14-24(15-7-19)29-25(28)23-12-10-22(11-13-23)21-8-4-20(5-9-21)16-18-27/h19-24H,1-18H2/t19?,20?,21?,22-,23-,24?. The van der Waals surface area contributed by atoms with Crippen LogP contribution in [-0.4, -0.2) is 23.3 Å². The Morgan fingerprint density at radius 3 is 1.90 bits per heavy atom. The Morgan fingerprint density at radius 2 is 1.31 bits per heavy atom. The third-order valence-electron chi connectivity index (χ3n) is 8.25. The van der Waals surface area contributed by atoms with Crippen molar-refractivity contribution in [2.45, 2.75) is 109 Å². The van der Waals surface area contributed by atoms with Gasteiger partial charge in [-0.2, -0.15) is 0 Å². The Balaban J connectivity index is 1.30. The highest BCUT2D eigenvalue weighted by atomic mass is 79.9. The molecule has 0 aromatic rings. The second kappa shape index (κ2) is 12.9. The monoisotopic (exact) mass is 488 g/mol. The number of carbonyl (C=O) groups is 1. The number of halogens is 2. The van der Waals surface area contributed by atoms with Gasteiger partial charge in [-0.05, 0) is 101 Å². The number of carbonyl (C=O) groups excluding carboxylic acids is 1. The Morgan fingerprint density at radius 1 is 0.759 bits per heavy atom. The van der Waals surface area contributed by atoms with Crippen LogP contribution in [0.4, 0.5) is 0 Å². The van der Waals surface area contributed by atoms with E-state index in [4.69, 9.17) is 16.3 Å². The van der Waals surface area contributed by atoms with Gasteiger partial charge in [-0.25, -0.2) is 0 Å². The maximum absolute atomic E-state index is 12.7. The van der Waals surface area contributed by atoms with Gasteiger partial charge in [0.25, 0.3) is 0 Å². The van der Waals surface area contributed by atoms with Crippen LogP contribution in [0, 0.1) is 29.6 Å². The molecule has 0 N–H and O–H groups in total. The topological polar surface area (TPSA) is 26.3 Å². The minimum absolute atomic E-state index is 0.122. The fraction of sp³-hybridized carbons (Fsp3) is 0.960. The van der Waals surface area contributed by atoms with Gasteiger partial charge in [0.15, 0.2) is 0 Å². The number of esters is 1. The summed E-state index contributed by atoms with van der Waals surface area (Å²) in [6.45, 7) is 0. The van der Waals surface area contributed by atoms with Crippen LogP contribution in [-0.2, 0) is 9.53 Å². The zero-order valence-corrected chi connectivity index (χ0v) is 20.6. The summed E-state index contributed by atoms with van der Waals surface area (Å²) >= 11 is 9.44. The molecule has 0 spiro atoms. The van der Waals surface area contributed by atoms with E-state index in [0.717, 1.165) is 60.6 Å². The molecule has 0 unspecified atom stereocenters. The molecule has 0 heterocycles. The van der Waals surface area contributed by atoms with Gasteiger partial charge in [-0.3, -0.25) is 4.79 Å². The molecule has 0 atom stereocenters. The average molecular weight is 490 g/mol. The summed E-state index contributed by atoms with van der Waals surface area (Å²) in [7, 11) is 0. The van der Waals surface area contributed by atoms with Crippen molar-refractivity contribution in [1.29, 1.82) is 0 Å². The highest BCUT2D eigenvalue weighted by Gasteiger charge is 2.34. The lowest BCUT2D eigenvalue weighted by atomic mass is 9.69. The Labute approximate surface area is 192 Å². The molecule has 0 aromatic carbocycles. The van der Waals surface area contributed by atoms with Crippen LogP contribution in [0.1, 0.15) is 103 Å². The fourth-order valence-electron chi connectivity index (χ4n) is 6.26. The molecule has 4 heteroatoms. The molecule has 2 nitrogen and oxygen atoms in total. The first-order chi connectivity index (χ1) is 14.2. The molecule has 0 radical (unpaired) electrons. The molecule has 0 aromatic heterocycles. The van der Waals surface area contributed by atoms with Crippen LogP contribution in [0.3, 0.4) is 0 Å². The Kier molecular flexibility index (Phi) is 10.7. The quantitative estimate of drug-likeness (QED) is 0.187. The number of ether oxygens (including phenoxy) is 1. The van der Waals surface area contributed by atoms with E-state index in [1.165, 1.54) is 77.0 Å². The van der Waals surface area contributed by atoms with Gasteiger partial charge in [-0.1, -0.05) is 41.6 Å². The number of alkyl halides is 2. The van der Waals surface area contributed by atoms with Crippen molar-refractivity contribution in [2.24, 2.45) is 29.6 Å². The summed E-state index contributed by atoms with van der Waals surface area (Å²) < 4.78 is 5.97. The van der Waals surface area contributed by atoms with E-state index in [0.29, 0.717) is 0 Å². The van der Waals surface area contributed by atoms with Crippen LogP contribution in [0.2, 0.25) is 0 Å². The van der Waals surface area contributed by atoms with Gasteiger partial charge in [0.2, 0.25) is 0 Å². The summed E-state index contributed by atoms with van der Waals surface area (Å²) in [5.74, 6) is 4.60. The van der Waals surface area contributed by atoms with Crippen molar-refractivity contribution in [3.63, 3.8) is 0 Å². The molecule has 0 saturated heterocycles. The van der Waals surface area contributed by atoms with Crippen LogP contribution in [0.15, 0.2) is 0 Å². The Hall–Kier alpha value is 0.240. The molecular weight excluding hydrogens is 448 g/mol. The van der Waals surface area contributed by atoms with E-state index in [1.54, 1.807) is 0 Å². The van der Waals surface area contributed by atoms with Crippen LogP contribution in [0.25, 0.3) is 0 Å². The van der Waals surface area contributed by atoms with Crippen LogP contribution in [0.5, 0.6) is 0 Å². The predicted molar refractivity (Wildman–Crippen MR) is 126 cm³/mol. The molecular formula is C25H42BrClO2. The van der Waals surface area contributed by atoms with E-state index in [1.807, 2.05) is 0 Å². The summed E-state index contributed by atoms with van der Waals surface area (Å²) in [6.07, 6.45) is 20.2. The zero-order valence-electron chi connectivity index (χ0n) is 18.3. The summed E-state index contributed by atoms with van der Waals surface area (Å²) in [5, 5.41) is 1.12. The van der Waals surface area contributed by atoms with E-state index >= 15 is 0 Å². The average Bonchev–Trinajstić information content (AvgIpc) is 2.76. The largest absolute Gasteiger partial charge is 0.462 e. The molecule has 0 bridgehead atoms. The van der Waals surface area contributed by atoms with Crippen LogP contribution < -0.4 is 0 Å². The lowest BCUT2D eigenvalue weighted by Gasteiger charge is -2.37. The third-order valence-corrected chi connectivity index (χ3v) is 9.03. The van der Waals surface area contributed by atoms with Crippen molar-refractivity contribution in [3.05, 3.63) is 0 Å². The maximum atomic E-state index is 12.7. The predicted octanol–water partition coefficient (Wildman–Crippen LogP) is 7.90. The first-order valence-electron chi connectivity index (χ1n) is 12.5. The lowest BCUT2D eigenvalue weighted by Crippen LogP contribution is -2.32. The normalized spacial score (nSPS) is 35.9. The first-order valence-corrected chi connectivity index (χ1v) is 14.2. The Bertz CT molecular complexity index is 461. The highest BCUT2D eigenvalue weighted by Crippen LogP contribution is 2.42. The molecule has 168 valence electrons. The van der Waals surface area contributed by atoms with E-state index in [-0.39, 0.29) is 18.0 Å². The SMILES string of the molecule is O=C(OC1CCC(CCCCBr)CC1)[C@H]1CC[C@H](C2CCC(CCCl)CC2)CC1. The minimum Gasteiger partial charge on any atom is -0.462 e. The van der Waals surface area contributed by atoms with Gasteiger partial charge in [0.05, 0.1) is 5.92 Å². The first kappa shape index (κ1) is 23.9. The van der Waals surface area contributed by atoms with E-state index < -0.39 is 0 Å². The molecule has 3 aliphatic rings. The molecule has 0 amide bonds. The number of unbranched alkanes of at least 4 members (excludes halogenated alkanes) is 1. The maximum Gasteiger partial charge on any atom is 0.309 e. The van der Waals surface area contributed by atoms with Gasteiger partial charge in [0.1, 0.15) is 6.10 Å². The summed E-state index contributed by atoms with van der Waals surface area (Å²) in [4.78, 5) is 12.7. The van der Waals surface area contributed by atoms with Crippen molar-refractivity contribution >= 4 is 33.5 Å². The third kappa shape index (κ3) is 7.70. The van der Waals surface area contributed by atoms with E-state index in [9.17, 15) is 4.79 Å². The number of hydrogen-bond donors (Lipinski definition) is 0. The van der Waals surface area contributed by atoms with Gasteiger partial charge in [0, 0.05) is 11.2 Å². The fourth-order valence-corrected chi connectivity index (χ4v) is 6.96. The minimum atomic E-state index is 0.122. The second-order valence-corrected chi connectivity index (χ2v) is 11.3. The van der Waals surface area contributed by atoms with Crippen molar-refractivity contribution in [2.75, 3.05) is 11.2 Å². The highest BCUT2D eigenvalue weighted by molar-refractivity contribution is 9.09. The lowest BCUT2D eigenvalue weighted by molar-refractivity contribution is -0.157. The van der Waals surface area contributed by atoms with Crippen molar-refractivity contribution < 1.29 is 9.53 Å². The molecule has 29 heavy (non-hydrogen) atoms. The van der Waals surface area contributed by atoms with Gasteiger partial charge in [-0.15, -0.1) is 11.6 Å². The summed E-state index contributed by atoms with van der Waals surface area (Å²) in [5.41, 5.74) is 0. The molecule has 0 aliphatic heterocycles. The van der Waals surface area contributed by atoms with Crippen molar-refractivity contribution in [3.8, 4) is 0 Å². The molecule has 3 fully saturated rings. The number of hydrogen-bond acceptors (Lipinski definition) is 2. The smallest absolute Gasteiger partial charge is 0.309 e. The molecule has 3 saturated carbocycles. The van der Waals surface area contributed by atoms with Gasteiger partial charge >= 0.3 is 5.97 Å². The molecule has 3 rings (SSSR count). The number of rotatable bonds is 9. The van der Waals surface area contributed by atoms with E-state index in [2.05, 4.69) is 15.9 Å². The summed E-state index contributed by atoms with van der Waals surface area (Å²) in [6, 6.07) is 0.